The normalized spacial score (nSPS) is 22.6. The van der Waals surface area contributed by atoms with Gasteiger partial charge in [0.05, 0.1) is 24.3 Å². The molecule has 0 fully saturated rings. The van der Waals surface area contributed by atoms with Gasteiger partial charge in [-0.2, -0.15) is 10.2 Å². The first kappa shape index (κ1) is 12.9. The molecule has 0 saturated heterocycles. The molecular formula is C12H20N2O2. The Labute approximate surface area is 96.8 Å². The maximum Gasteiger partial charge on any atom is 0.311 e. The molecule has 4 heteroatoms. The molecule has 2 atom stereocenters. The van der Waals surface area contributed by atoms with E-state index in [-0.39, 0.29) is 17.9 Å². The highest BCUT2D eigenvalue weighted by Crippen LogP contribution is 2.34. The van der Waals surface area contributed by atoms with Gasteiger partial charge in [-0.25, -0.2) is 0 Å². The van der Waals surface area contributed by atoms with Gasteiger partial charge < -0.3 is 4.74 Å². The largest absolute Gasteiger partial charge is 0.469 e. The maximum atomic E-state index is 11.7. The molecule has 1 rings (SSSR count). The van der Waals surface area contributed by atoms with E-state index < -0.39 is 5.41 Å². The summed E-state index contributed by atoms with van der Waals surface area (Å²) in [6.45, 7) is 7.74. The van der Waals surface area contributed by atoms with Crippen molar-refractivity contribution in [3.63, 3.8) is 0 Å². The van der Waals surface area contributed by atoms with Crippen molar-refractivity contribution in [3.05, 3.63) is 11.8 Å². The topological polar surface area (TPSA) is 51.0 Å². The Morgan fingerprint density at radius 1 is 1.62 bits per heavy atom. The number of methoxy groups -OCH3 is 1. The van der Waals surface area contributed by atoms with Gasteiger partial charge >= 0.3 is 5.97 Å². The van der Waals surface area contributed by atoms with Gasteiger partial charge in [0.1, 0.15) is 0 Å². The SMILES string of the molecule is COC(=O)C(C)(C)C(C)C1CC=C(C)N=N1. The number of allylic oxidation sites excluding steroid dienone is 1. The zero-order valence-electron chi connectivity index (χ0n) is 10.7. The fourth-order valence-electron chi connectivity index (χ4n) is 1.78. The van der Waals surface area contributed by atoms with Crippen LogP contribution in [0.1, 0.15) is 34.1 Å². The van der Waals surface area contributed by atoms with Crippen LogP contribution in [0, 0.1) is 11.3 Å². The molecule has 0 aromatic heterocycles. The molecule has 0 radical (unpaired) electrons. The third-order valence-electron chi connectivity index (χ3n) is 3.45. The molecule has 0 saturated carbocycles. The molecule has 2 unspecified atom stereocenters. The minimum Gasteiger partial charge on any atom is -0.469 e. The molecule has 1 aliphatic heterocycles. The smallest absolute Gasteiger partial charge is 0.311 e. The van der Waals surface area contributed by atoms with Crippen LogP contribution in [0.15, 0.2) is 22.0 Å². The summed E-state index contributed by atoms with van der Waals surface area (Å²) in [5.41, 5.74) is 0.414. The van der Waals surface area contributed by atoms with Crippen LogP contribution >= 0.6 is 0 Å². The van der Waals surface area contributed by atoms with Crippen molar-refractivity contribution in [2.24, 2.45) is 21.6 Å². The lowest BCUT2D eigenvalue weighted by Gasteiger charge is -2.32. The van der Waals surface area contributed by atoms with E-state index in [4.69, 9.17) is 4.74 Å². The molecule has 16 heavy (non-hydrogen) atoms. The fourth-order valence-corrected chi connectivity index (χ4v) is 1.78. The van der Waals surface area contributed by atoms with Gasteiger partial charge in [0.25, 0.3) is 0 Å². The number of nitrogens with zero attached hydrogens (tertiary/aromatic N) is 2. The highest BCUT2D eigenvalue weighted by Gasteiger charge is 2.39. The van der Waals surface area contributed by atoms with Gasteiger partial charge in [0, 0.05) is 0 Å². The van der Waals surface area contributed by atoms with Crippen LogP contribution < -0.4 is 0 Å². The van der Waals surface area contributed by atoms with Crippen LogP contribution in [-0.4, -0.2) is 19.1 Å². The highest BCUT2D eigenvalue weighted by atomic mass is 16.5. The molecule has 1 aliphatic rings. The minimum atomic E-state index is -0.530. The number of ether oxygens (including phenoxy) is 1. The van der Waals surface area contributed by atoms with Crippen LogP contribution in [-0.2, 0) is 9.53 Å². The first-order valence-corrected chi connectivity index (χ1v) is 5.55. The zero-order valence-corrected chi connectivity index (χ0v) is 10.7. The number of hydrogen-bond acceptors (Lipinski definition) is 4. The van der Waals surface area contributed by atoms with Gasteiger partial charge in [-0.05, 0) is 33.1 Å². The van der Waals surface area contributed by atoms with Crippen molar-refractivity contribution < 1.29 is 9.53 Å². The van der Waals surface area contributed by atoms with Crippen molar-refractivity contribution in [3.8, 4) is 0 Å². The van der Waals surface area contributed by atoms with Gasteiger partial charge in [-0.15, -0.1) is 0 Å². The van der Waals surface area contributed by atoms with Crippen molar-refractivity contribution in [2.45, 2.75) is 40.2 Å². The van der Waals surface area contributed by atoms with E-state index in [9.17, 15) is 4.79 Å². The molecule has 1 heterocycles. The number of hydrogen-bond donors (Lipinski definition) is 0. The third kappa shape index (κ3) is 2.49. The Morgan fingerprint density at radius 2 is 2.25 bits per heavy atom. The summed E-state index contributed by atoms with van der Waals surface area (Å²) < 4.78 is 4.82. The first-order valence-electron chi connectivity index (χ1n) is 5.55. The lowest BCUT2D eigenvalue weighted by Crippen LogP contribution is -2.38. The Morgan fingerprint density at radius 3 is 2.69 bits per heavy atom. The zero-order chi connectivity index (χ0) is 12.3. The average molecular weight is 224 g/mol. The van der Waals surface area contributed by atoms with Gasteiger partial charge in [0.2, 0.25) is 0 Å². The highest BCUT2D eigenvalue weighted by molar-refractivity contribution is 5.76. The minimum absolute atomic E-state index is 0.0674. The molecule has 0 amide bonds. The van der Waals surface area contributed by atoms with Crippen LogP contribution in [0.2, 0.25) is 0 Å². The summed E-state index contributed by atoms with van der Waals surface area (Å²) in [4.78, 5) is 11.7. The second-order valence-corrected chi connectivity index (χ2v) is 4.87. The van der Waals surface area contributed by atoms with Gasteiger partial charge in [-0.1, -0.05) is 13.0 Å². The van der Waals surface area contributed by atoms with Gasteiger partial charge in [0.15, 0.2) is 0 Å². The predicted molar refractivity (Wildman–Crippen MR) is 62.0 cm³/mol. The number of esters is 1. The lowest BCUT2D eigenvalue weighted by molar-refractivity contribution is -0.154. The van der Waals surface area contributed by atoms with E-state index in [2.05, 4.69) is 16.3 Å². The Bertz CT molecular complexity index is 332. The molecule has 0 spiro atoms. The van der Waals surface area contributed by atoms with Crippen molar-refractivity contribution in [1.29, 1.82) is 0 Å². The average Bonchev–Trinajstić information content (AvgIpc) is 2.28. The fraction of sp³-hybridized carbons (Fsp3) is 0.750. The van der Waals surface area contributed by atoms with E-state index in [1.165, 1.54) is 7.11 Å². The number of rotatable bonds is 3. The second-order valence-electron chi connectivity index (χ2n) is 4.87. The predicted octanol–water partition coefficient (Wildman–Crippen LogP) is 2.95. The van der Waals surface area contributed by atoms with E-state index in [1.807, 2.05) is 27.7 Å². The third-order valence-corrected chi connectivity index (χ3v) is 3.45. The Kier molecular flexibility index (Phi) is 3.83. The van der Waals surface area contributed by atoms with Crippen LogP contribution in [0.5, 0.6) is 0 Å². The summed E-state index contributed by atoms with van der Waals surface area (Å²) in [6, 6.07) is 0.0674. The maximum absolute atomic E-state index is 11.7. The number of carbonyl (C=O) groups is 1. The summed E-state index contributed by atoms with van der Waals surface area (Å²) >= 11 is 0. The second kappa shape index (κ2) is 4.76. The number of carbonyl (C=O) groups excluding carboxylic acids is 1. The summed E-state index contributed by atoms with van der Waals surface area (Å²) in [6.07, 6.45) is 2.90. The Hall–Kier alpha value is -1.19. The molecular weight excluding hydrogens is 204 g/mol. The van der Waals surface area contributed by atoms with E-state index in [1.54, 1.807) is 0 Å². The lowest BCUT2D eigenvalue weighted by atomic mass is 9.75. The number of azo groups is 1. The monoisotopic (exact) mass is 224 g/mol. The van der Waals surface area contributed by atoms with Crippen molar-refractivity contribution >= 4 is 5.97 Å². The Balaban J connectivity index is 2.75. The molecule has 90 valence electrons. The van der Waals surface area contributed by atoms with Crippen LogP contribution in [0.25, 0.3) is 0 Å². The van der Waals surface area contributed by atoms with Crippen molar-refractivity contribution in [1.82, 2.24) is 0 Å². The molecule has 0 aromatic rings. The summed E-state index contributed by atoms with van der Waals surface area (Å²) in [5.74, 6) is -0.0884. The van der Waals surface area contributed by atoms with E-state index >= 15 is 0 Å². The van der Waals surface area contributed by atoms with Gasteiger partial charge in [-0.3, -0.25) is 4.79 Å². The molecule has 0 aliphatic carbocycles. The summed E-state index contributed by atoms with van der Waals surface area (Å²) in [7, 11) is 1.42. The van der Waals surface area contributed by atoms with E-state index in [0.717, 1.165) is 12.1 Å². The molecule has 0 N–H and O–H groups in total. The van der Waals surface area contributed by atoms with Crippen molar-refractivity contribution in [2.75, 3.05) is 7.11 Å². The quantitative estimate of drug-likeness (QED) is 0.692. The van der Waals surface area contributed by atoms with Crippen LogP contribution in [0.3, 0.4) is 0 Å². The first-order chi connectivity index (χ1) is 7.39. The van der Waals surface area contributed by atoms with Crippen LogP contribution in [0.4, 0.5) is 0 Å². The molecule has 0 bridgehead atoms. The molecule has 0 aromatic carbocycles. The standard InChI is InChI=1S/C12H20N2O2/c1-8-6-7-10(14-13-8)9(2)12(3,4)11(15)16-5/h6,9-10H,7H2,1-5H3. The van der Waals surface area contributed by atoms with E-state index in [0.29, 0.717) is 0 Å². The molecule has 4 nitrogen and oxygen atoms in total. The summed E-state index contributed by atoms with van der Waals surface area (Å²) in [5, 5.41) is 8.31.